The van der Waals surface area contributed by atoms with E-state index in [9.17, 15) is 14.4 Å². The number of nitrogens with zero attached hydrogens (tertiary/aromatic N) is 1. The van der Waals surface area contributed by atoms with Crippen molar-refractivity contribution in [2.24, 2.45) is 5.92 Å². The molecule has 6 heteroatoms. The summed E-state index contributed by atoms with van der Waals surface area (Å²) in [6.07, 6.45) is 4.02. The molecule has 6 nitrogen and oxygen atoms in total. The first kappa shape index (κ1) is 14.8. The fraction of sp³-hybridized carbons (Fsp3) is 0.786. The Kier molecular flexibility index (Phi) is 4.98. The molecule has 0 aromatic heterocycles. The van der Waals surface area contributed by atoms with Gasteiger partial charge in [-0.25, -0.2) is 0 Å². The zero-order valence-corrected chi connectivity index (χ0v) is 12.0. The molecule has 2 heterocycles. The van der Waals surface area contributed by atoms with Crippen molar-refractivity contribution in [3.8, 4) is 0 Å². The molecule has 3 amide bonds. The summed E-state index contributed by atoms with van der Waals surface area (Å²) in [6, 6.07) is -0.307. The first-order valence-electron chi connectivity index (χ1n) is 7.39. The molecule has 0 spiro atoms. The van der Waals surface area contributed by atoms with Gasteiger partial charge in [0.1, 0.15) is 6.04 Å². The molecule has 2 saturated heterocycles. The molecule has 0 bridgehead atoms. The number of hydrogen-bond acceptors (Lipinski definition) is 3. The number of piperidine rings is 1. The highest BCUT2D eigenvalue weighted by atomic mass is 16.2. The van der Waals surface area contributed by atoms with Crippen molar-refractivity contribution in [3.63, 3.8) is 0 Å². The normalized spacial score (nSPS) is 23.6. The van der Waals surface area contributed by atoms with Gasteiger partial charge < -0.3 is 15.5 Å². The fourth-order valence-electron chi connectivity index (χ4n) is 2.91. The highest BCUT2D eigenvalue weighted by Crippen LogP contribution is 2.21. The maximum absolute atomic E-state index is 12.2. The van der Waals surface area contributed by atoms with E-state index in [1.807, 2.05) is 4.90 Å². The van der Waals surface area contributed by atoms with E-state index in [0.29, 0.717) is 25.3 Å². The lowest BCUT2D eigenvalue weighted by Gasteiger charge is -2.33. The van der Waals surface area contributed by atoms with Crippen LogP contribution in [0.2, 0.25) is 0 Å². The van der Waals surface area contributed by atoms with Gasteiger partial charge >= 0.3 is 0 Å². The van der Waals surface area contributed by atoms with Crippen LogP contribution in [0.3, 0.4) is 0 Å². The van der Waals surface area contributed by atoms with Gasteiger partial charge in [0.25, 0.3) is 0 Å². The second-order valence-corrected chi connectivity index (χ2v) is 5.70. The molecular weight excluding hydrogens is 258 g/mol. The molecule has 0 saturated carbocycles. The Morgan fingerprint density at radius 2 is 2.00 bits per heavy atom. The molecule has 0 aliphatic carbocycles. The minimum absolute atomic E-state index is 0.00888. The van der Waals surface area contributed by atoms with Crippen LogP contribution in [-0.2, 0) is 14.4 Å². The highest BCUT2D eigenvalue weighted by molar-refractivity contribution is 5.90. The van der Waals surface area contributed by atoms with Crippen LogP contribution in [0.1, 0.15) is 39.0 Å². The number of likely N-dealkylation sites (tertiary alicyclic amines) is 1. The average Bonchev–Trinajstić information content (AvgIpc) is 2.85. The monoisotopic (exact) mass is 281 g/mol. The van der Waals surface area contributed by atoms with Crippen molar-refractivity contribution in [2.75, 3.05) is 19.6 Å². The second kappa shape index (κ2) is 6.72. The Hall–Kier alpha value is -1.59. The average molecular weight is 281 g/mol. The van der Waals surface area contributed by atoms with Crippen molar-refractivity contribution in [1.82, 2.24) is 15.5 Å². The van der Waals surface area contributed by atoms with Crippen LogP contribution in [0.15, 0.2) is 0 Å². The van der Waals surface area contributed by atoms with Gasteiger partial charge in [-0.3, -0.25) is 14.4 Å². The summed E-state index contributed by atoms with van der Waals surface area (Å²) in [5.41, 5.74) is 0. The Morgan fingerprint density at radius 3 is 2.55 bits per heavy atom. The largest absolute Gasteiger partial charge is 0.356 e. The van der Waals surface area contributed by atoms with E-state index < -0.39 is 0 Å². The van der Waals surface area contributed by atoms with E-state index in [4.69, 9.17) is 0 Å². The van der Waals surface area contributed by atoms with Crippen LogP contribution < -0.4 is 10.6 Å². The zero-order chi connectivity index (χ0) is 14.5. The predicted molar refractivity (Wildman–Crippen MR) is 73.8 cm³/mol. The number of carbonyl (C=O) groups is 3. The number of nitrogens with one attached hydrogen (secondary N) is 2. The van der Waals surface area contributed by atoms with Gasteiger partial charge in [0, 0.05) is 33.0 Å². The molecule has 2 rings (SSSR count). The third-order valence-electron chi connectivity index (χ3n) is 4.15. The van der Waals surface area contributed by atoms with Crippen LogP contribution in [0, 0.1) is 5.92 Å². The van der Waals surface area contributed by atoms with Gasteiger partial charge in [-0.15, -0.1) is 0 Å². The summed E-state index contributed by atoms with van der Waals surface area (Å²) in [7, 11) is 0. The highest BCUT2D eigenvalue weighted by Gasteiger charge is 2.32. The van der Waals surface area contributed by atoms with Gasteiger partial charge in [0.05, 0.1) is 0 Å². The minimum atomic E-state index is -0.307. The third kappa shape index (κ3) is 3.95. The van der Waals surface area contributed by atoms with Crippen LogP contribution in [0.25, 0.3) is 0 Å². The van der Waals surface area contributed by atoms with E-state index in [1.54, 1.807) is 0 Å². The van der Waals surface area contributed by atoms with Gasteiger partial charge in [-0.05, 0) is 31.6 Å². The molecule has 0 aromatic rings. The lowest BCUT2D eigenvalue weighted by Crippen LogP contribution is -2.47. The lowest BCUT2D eigenvalue weighted by molar-refractivity contribution is -0.135. The maximum Gasteiger partial charge on any atom is 0.245 e. The lowest BCUT2D eigenvalue weighted by atomic mass is 9.93. The van der Waals surface area contributed by atoms with Crippen LogP contribution >= 0.6 is 0 Å². The molecule has 2 fully saturated rings. The molecule has 2 aliphatic rings. The molecular formula is C14H23N3O3. The summed E-state index contributed by atoms with van der Waals surface area (Å²) >= 11 is 0. The fourth-order valence-corrected chi connectivity index (χ4v) is 2.91. The van der Waals surface area contributed by atoms with Gasteiger partial charge in [-0.1, -0.05) is 0 Å². The van der Waals surface area contributed by atoms with Crippen molar-refractivity contribution in [3.05, 3.63) is 0 Å². The van der Waals surface area contributed by atoms with Crippen molar-refractivity contribution in [2.45, 2.75) is 45.1 Å². The molecule has 112 valence electrons. The molecule has 0 aromatic carbocycles. The first-order chi connectivity index (χ1) is 9.56. The summed E-state index contributed by atoms with van der Waals surface area (Å²) < 4.78 is 0. The molecule has 1 atom stereocenters. The van der Waals surface area contributed by atoms with Gasteiger partial charge in [-0.2, -0.15) is 0 Å². The van der Waals surface area contributed by atoms with Gasteiger partial charge in [0.2, 0.25) is 17.7 Å². The summed E-state index contributed by atoms with van der Waals surface area (Å²) in [6.45, 7) is 3.76. The molecule has 2 aliphatic heterocycles. The van der Waals surface area contributed by atoms with Crippen molar-refractivity contribution >= 4 is 17.7 Å². The number of hydrogen-bond donors (Lipinski definition) is 2. The molecule has 0 radical (unpaired) electrons. The van der Waals surface area contributed by atoms with Crippen molar-refractivity contribution in [1.29, 1.82) is 0 Å². The van der Waals surface area contributed by atoms with E-state index in [-0.39, 0.29) is 23.8 Å². The third-order valence-corrected chi connectivity index (χ3v) is 4.15. The van der Waals surface area contributed by atoms with E-state index in [0.717, 1.165) is 32.4 Å². The molecule has 2 N–H and O–H groups in total. The minimum Gasteiger partial charge on any atom is -0.356 e. The number of carbonyl (C=O) groups excluding carboxylic acids is 3. The smallest absolute Gasteiger partial charge is 0.245 e. The van der Waals surface area contributed by atoms with Crippen LogP contribution in [-0.4, -0.2) is 48.3 Å². The Balaban J connectivity index is 1.69. The van der Waals surface area contributed by atoms with E-state index in [2.05, 4.69) is 10.6 Å². The summed E-state index contributed by atoms with van der Waals surface area (Å²) in [4.78, 5) is 36.0. The van der Waals surface area contributed by atoms with Crippen LogP contribution in [0.5, 0.6) is 0 Å². The molecule has 1 unspecified atom stereocenters. The standard InChI is InChI=1S/C14H23N3O3/c1-10(18)15-7-4-11-5-8-17(9-6-11)14(20)12-2-3-13(19)16-12/h11-12H,2-9H2,1H3,(H,15,18)(H,16,19). The summed E-state index contributed by atoms with van der Waals surface area (Å²) in [5.74, 6) is 0.628. The van der Waals surface area contributed by atoms with Crippen molar-refractivity contribution < 1.29 is 14.4 Å². The van der Waals surface area contributed by atoms with Crippen LogP contribution in [0.4, 0.5) is 0 Å². The maximum atomic E-state index is 12.2. The number of rotatable bonds is 4. The summed E-state index contributed by atoms with van der Waals surface area (Å²) in [5, 5.41) is 5.54. The van der Waals surface area contributed by atoms with E-state index >= 15 is 0 Å². The topological polar surface area (TPSA) is 78.5 Å². The second-order valence-electron chi connectivity index (χ2n) is 5.70. The SMILES string of the molecule is CC(=O)NCCC1CCN(C(=O)C2CCC(=O)N2)CC1. The quantitative estimate of drug-likeness (QED) is 0.763. The zero-order valence-electron chi connectivity index (χ0n) is 12.0. The Morgan fingerprint density at radius 1 is 1.30 bits per heavy atom. The Bertz CT molecular complexity index is 389. The van der Waals surface area contributed by atoms with E-state index in [1.165, 1.54) is 6.92 Å². The van der Waals surface area contributed by atoms with Gasteiger partial charge in [0.15, 0.2) is 0 Å². The molecule has 20 heavy (non-hydrogen) atoms. The Labute approximate surface area is 119 Å². The predicted octanol–water partition coefficient (Wildman–Crippen LogP) is 0.0298. The number of amides is 3. The first-order valence-corrected chi connectivity index (χ1v) is 7.39.